The molecule has 4 nitrogen and oxygen atoms in total. The van der Waals surface area contributed by atoms with Gasteiger partial charge in [-0.25, -0.2) is 0 Å². The van der Waals surface area contributed by atoms with Gasteiger partial charge in [-0.3, -0.25) is 9.59 Å². The Balaban J connectivity index is 5.42. The molecule has 0 rings (SSSR count). The number of carbonyl (C=O) groups is 2. The molecular weight excluding hydrogens is 280 g/mol. The molecule has 0 saturated carbocycles. The number of carboxylic acid groups (broad SMARTS) is 1. The zero-order chi connectivity index (χ0) is 17.7. The molecule has 2 atom stereocenters. The van der Waals surface area contributed by atoms with Crippen molar-refractivity contribution in [3.05, 3.63) is 0 Å². The fourth-order valence-corrected chi connectivity index (χ4v) is 3.17. The van der Waals surface area contributed by atoms with E-state index in [1.54, 1.807) is 34.6 Å². The van der Waals surface area contributed by atoms with Crippen molar-refractivity contribution >= 4 is 11.9 Å². The van der Waals surface area contributed by atoms with Crippen LogP contribution >= 0.6 is 0 Å². The third kappa shape index (κ3) is 4.47. The average Bonchev–Trinajstić information content (AvgIpc) is 2.31. The third-order valence-corrected chi connectivity index (χ3v) is 4.50. The molecular formula is C18H34O4. The first-order valence-corrected chi connectivity index (χ1v) is 8.35. The van der Waals surface area contributed by atoms with E-state index in [2.05, 4.69) is 13.8 Å². The quantitative estimate of drug-likeness (QED) is 0.528. The summed E-state index contributed by atoms with van der Waals surface area (Å²) in [5.74, 6) is -1.51. The second-order valence-electron chi connectivity index (χ2n) is 7.92. The summed E-state index contributed by atoms with van der Waals surface area (Å²) in [6, 6.07) is 0. The largest absolute Gasteiger partial charge is 0.480 e. The normalized spacial score (nSPS) is 16.5. The van der Waals surface area contributed by atoms with Gasteiger partial charge in [0, 0.05) is 0 Å². The van der Waals surface area contributed by atoms with E-state index in [1.807, 2.05) is 6.92 Å². The molecule has 0 aromatic rings. The van der Waals surface area contributed by atoms with Gasteiger partial charge in [0.1, 0.15) is 6.10 Å². The minimum absolute atomic E-state index is 0.213. The van der Waals surface area contributed by atoms with Crippen LogP contribution in [-0.2, 0) is 14.3 Å². The first-order valence-electron chi connectivity index (χ1n) is 8.35. The number of aliphatic carboxylic acids is 1. The van der Waals surface area contributed by atoms with Crippen LogP contribution in [-0.4, -0.2) is 23.1 Å². The monoisotopic (exact) mass is 314 g/mol. The van der Waals surface area contributed by atoms with Gasteiger partial charge in [-0.1, -0.05) is 55.4 Å². The summed E-state index contributed by atoms with van der Waals surface area (Å²) < 4.78 is 5.64. The third-order valence-electron chi connectivity index (χ3n) is 4.50. The molecule has 0 aliphatic heterocycles. The van der Waals surface area contributed by atoms with Crippen LogP contribution in [0, 0.1) is 22.7 Å². The molecule has 0 saturated heterocycles. The molecule has 1 N–H and O–H groups in total. The summed E-state index contributed by atoms with van der Waals surface area (Å²) in [6.45, 7) is 15.1. The van der Waals surface area contributed by atoms with Crippen LogP contribution in [0.25, 0.3) is 0 Å². The lowest BCUT2D eigenvalue weighted by atomic mass is 9.60. The standard InChI is InChI=1S/C18H34O4/c1-9-14(11-10-12(2)3)22-16(21)18(13(4)5,15(19)20)17(6,7)8/h12-14H,9-11H2,1-8H3,(H,19,20). The number of esters is 1. The van der Waals surface area contributed by atoms with Gasteiger partial charge in [0.2, 0.25) is 0 Å². The van der Waals surface area contributed by atoms with Gasteiger partial charge in [0.15, 0.2) is 5.41 Å². The van der Waals surface area contributed by atoms with E-state index in [-0.39, 0.29) is 12.0 Å². The summed E-state index contributed by atoms with van der Waals surface area (Å²) in [7, 11) is 0. The second-order valence-corrected chi connectivity index (χ2v) is 7.92. The lowest BCUT2D eigenvalue weighted by molar-refractivity contribution is -0.187. The van der Waals surface area contributed by atoms with Crippen LogP contribution in [0.1, 0.15) is 74.7 Å². The Labute approximate surface area is 135 Å². The van der Waals surface area contributed by atoms with E-state index in [0.717, 1.165) is 12.8 Å². The van der Waals surface area contributed by atoms with Crippen LogP contribution in [0.3, 0.4) is 0 Å². The highest BCUT2D eigenvalue weighted by molar-refractivity contribution is 6.00. The van der Waals surface area contributed by atoms with E-state index < -0.39 is 22.8 Å². The van der Waals surface area contributed by atoms with E-state index in [1.165, 1.54) is 0 Å². The van der Waals surface area contributed by atoms with Gasteiger partial charge in [-0.05, 0) is 36.5 Å². The van der Waals surface area contributed by atoms with Crippen LogP contribution in [0.5, 0.6) is 0 Å². The first kappa shape index (κ1) is 20.9. The maximum Gasteiger partial charge on any atom is 0.324 e. The summed E-state index contributed by atoms with van der Waals surface area (Å²) in [6.07, 6.45) is 2.23. The van der Waals surface area contributed by atoms with Crippen molar-refractivity contribution < 1.29 is 19.4 Å². The number of carboxylic acids is 1. The molecule has 0 fully saturated rings. The van der Waals surface area contributed by atoms with Gasteiger partial charge in [-0.15, -0.1) is 0 Å². The molecule has 0 aromatic carbocycles. The van der Waals surface area contributed by atoms with Crippen molar-refractivity contribution in [2.24, 2.45) is 22.7 Å². The summed E-state index contributed by atoms with van der Waals surface area (Å²) in [5, 5.41) is 9.80. The van der Waals surface area contributed by atoms with Crippen LogP contribution in [0.15, 0.2) is 0 Å². The molecule has 0 aliphatic rings. The number of hydrogen-bond donors (Lipinski definition) is 1. The van der Waals surface area contributed by atoms with Gasteiger partial charge in [0.05, 0.1) is 0 Å². The van der Waals surface area contributed by atoms with E-state index in [0.29, 0.717) is 12.3 Å². The molecule has 0 radical (unpaired) electrons. The van der Waals surface area contributed by atoms with Crippen LogP contribution in [0.4, 0.5) is 0 Å². The molecule has 4 heteroatoms. The predicted molar refractivity (Wildman–Crippen MR) is 88.6 cm³/mol. The fraction of sp³-hybridized carbons (Fsp3) is 0.889. The lowest BCUT2D eigenvalue weighted by Crippen LogP contribution is -2.54. The fourth-order valence-electron chi connectivity index (χ4n) is 3.17. The van der Waals surface area contributed by atoms with E-state index >= 15 is 0 Å². The topological polar surface area (TPSA) is 63.6 Å². The zero-order valence-corrected chi connectivity index (χ0v) is 15.5. The number of hydrogen-bond acceptors (Lipinski definition) is 3. The van der Waals surface area contributed by atoms with Gasteiger partial charge in [-0.2, -0.15) is 0 Å². The molecule has 0 aliphatic carbocycles. The maximum absolute atomic E-state index is 12.8. The second kappa shape index (κ2) is 7.98. The van der Waals surface area contributed by atoms with Crippen molar-refractivity contribution in [1.29, 1.82) is 0 Å². The van der Waals surface area contributed by atoms with E-state index in [9.17, 15) is 14.7 Å². The molecule has 0 bridgehead atoms. The van der Waals surface area contributed by atoms with E-state index in [4.69, 9.17) is 4.74 Å². The van der Waals surface area contributed by atoms with Crippen molar-refractivity contribution in [3.63, 3.8) is 0 Å². The van der Waals surface area contributed by atoms with Crippen molar-refractivity contribution in [1.82, 2.24) is 0 Å². The predicted octanol–water partition coefficient (Wildman–Crippen LogP) is 4.52. The molecule has 130 valence electrons. The Morgan fingerprint density at radius 3 is 1.82 bits per heavy atom. The SMILES string of the molecule is CCC(CCC(C)C)OC(=O)C(C(=O)O)(C(C)C)C(C)(C)C. The molecule has 0 amide bonds. The number of ether oxygens (including phenoxy) is 1. The Morgan fingerprint density at radius 1 is 1.05 bits per heavy atom. The van der Waals surface area contributed by atoms with Crippen LogP contribution in [0.2, 0.25) is 0 Å². The average molecular weight is 314 g/mol. The minimum Gasteiger partial charge on any atom is -0.480 e. The molecule has 0 spiro atoms. The van der Waals surface area contributed by atoms with Crippen molar-refractivity contribution in [2.45, 2.75) is 80.8 Å². The summed E-state index contributed by atoms with van der Waals surface area (Å²) in [4.78, 5) is 24.8. The molecule has 22 heavy (non-hydrogen) atoms. The smallest absolute Gasteiger partial charge is 0.324 e. The highest BCUT2D eigenvalue weighted by atomic mass is 16.5. The lowest BCUT2D eigenvalue weighted by Gasteiger charge is -2.42. The Bertz CT molecular complexity index is 379. The zero-order valence-electron chi connectivity index (χ0n) is 15.5. The van der Waals surface area contributed by atoms with Gasteiger partial charge in [0.25, 0.3) is 0 Å². The Kier molecular flexibility index (Phi) is 7.60. The number of rotatable bonds is 8. The molecule has 2 unspecified atom stereocenters. The summed E-state index contributed by atoms with van der Waals surface area (Å²) >= 11 is 0. The summed E-state index contributed by atoms with van der Waals surface area (Å²) in [5.41, 5.74) is -2.25. The highest BCUT2D eigenvalue weighted by Gasteiger charge is 2.59. The molecule has 0 heterocycles. The number of carbonyl (C=O) groups excluding carboxylic acids is 1. The maximum atomic E-state index is 12.8. The Hall–Kier alpha value is -1.06. The molecule has 0 aromatic heterocycles. The van der Waals surface area contributed by atoms with Gasteiger partial charge < -0.3 is 9.84 Å². The first-order chi connectivity index (χ1) is 9.91. The van der Waals surface area contributed by atoms with Gasteiger partial charge >= 0.3 is 11.9 Å². The minimum atomic E-state index is -1.53. The Morgan fingerprint density at radius 2 is 1.55 bits per heavy atom. The highest BCUT2D eigenvalue weighted by Crippen LogP contribution is 2.46. The van der Waals surface area contributed by atoms with Crippen molar-refractivity contribution in [2.75, 3.05) is 0 Å². The van der Waals surface area contributed by atoms with Crippen LogP contribution < -0.4 is 0 Å². The van der Waals surface area contributed by atoms with Crippen molar-refractivity contribution in [3.8, 4) is 0 Å².